The minimum atomic E-state index is -3.41. The molecule has 3 rings (SSSR count). The summed E-state index contributed by atoms with van der Waals surface area (Å²) in [4.78, 5) is 0.320. The molecule has 106 valence electrons. The molecule has 0 bridgehead atoms. The van der Waals surface area contributed by atoms with Crippen LogP contribution in [0.3, 0.4) is 0 Å². The second-order valence-corrected chi connectivity index (χ2v) is 7.26. The van der Waals surface area contributed by atoms with Crippen LogP contribution in [0.15, 0.2) is 71.6 Å². The van der Waals surface area contributed by atoms with Gasteiger partial charge in [-0.2, -0.15) is 0 Å². The highest BCUT2D eigenvalue weighted by atomic mass is 35.5. The van der Waals surface area contributed by atoms with Crippen molar-refractivity contribution in [2.75, 3.05) is 0 Å². The Hall–Kier alpha value is -1.84. The maximum absolute atomic E-state index is 12.5. The summed E-state index contributed by atoms with van der Waals surface area (Å²) in [5.41, 5.74) is 0.618. The van der Waals surface area contributed by atoms with Crippen molar-refractivity contribution in [2.45, 2.75) is 10.6 Å². The molecule has 0 spiro atoms. The molecule has 0 saturated heterocycles. The highest BCUT2D eigenvalue weighted by Gasteiger charge is 2.17. The van der Waals surface area contributed by atoms with Crippen molar-refractivity contribution in [3.8, 4) is 0 Å². The molecule has 0 N–H and O–H groups in total. The van der Waals surface area contributed by atoms with Crippen LogP contribution in [-0.2, 0) is 15.6 Å². The largest absolute Gasteiger partial charge is 0.223 e. The van der Waals surface area contributed by atoms with Crippen LogP contribution >= 0.6 is 11.6 Å². The molecule has 0 aliphatic carbocycles. The van der Waals surface area contributed by atoms with Crippen molar-refractivity contribution in [1.29, 1.82) is 0 Å². The summed E-state index contributed by atoms with van der Waals surface area (Å²) in [5.74, 6) is -0.0922. The smallest absolute Gasteiger partial charge is 0.182 e. The summed E-state index contributed by atoms with van der Waals surface area (Å²) >= 11 is 6.05. The fourth-order valence-corrected chi connectivity index (χ4v) is 3.96. The van der Waals surface area contributed by atoms with E-state index in [9.17, 15) is 8.42 Å². The van der Waals surface area contributed by atoms with Gasteiger partial charge in [-0.25, -0.2) is 8.42 Å². The van der Waals surface area contributed by atoms with Crippen LogP contribution in [0.1, 0.15) is 5.56 Å². The van der Waals surface area contributed by atoms with E-state index in [-0.39, 0.29) is 5.75 Å². The van der Waals surface area contributed by atoms with Crippen LogP contribution in [0, 0.1) is 0 Å². The van der Waals surface area contributed by atoms with Gasteiger partial charge >= 0.3 is 0 Å². The van der Waals surface area contributed by atoms with Crippen molar-refractivity contribution in [2.24, 2.45) is 0 Å². The molecular formula is C17H13ClO2S. The Morgan fingerprint density at radius 1 is 0.810 bits per heavy atom. The number of hydrogen-bond donors (Lipinski definition) is 0. The number of sulfone groups is 1. The molecule has 3 aromatic carbocycles. The van der Waals surface area contributed by atoms with E-state index in [0.29, 0.717) is 15.5 Å². The summed E-state index contributed by atoms with van der Waals surface area (Å²) in [5, 5.41) is 2.41. The molecule has 0 amide bonds. The molecule has 0 saturated carbocycles. The summed E-state index contributed by atoms with van der Waals surface area (Å²) in [6, 6.07) is 19.9. The Balaban J connectivity index is 2.02. The molecule has 0 aliphatic heterocycles. The van der Waals surface area contributed by atoms with Gasteiger partial charge in [0.2, 0.25) is 0 Å². The van der Waals surface area contributed by atoms with E-state index in [1.165, 1.54) is 0 Å². The molecule has 21 heavy (non-hydrogen) atoms. The van der Waals surface area contributed by atoms with Crippen molar-refractivity contribution >= 4 is 32.2 Å². The van der Waals surface area contributed by atoms with Gasteiger partial charge in [0.1, 0.15) is 0 Å². The zero-order chi connectivity index (χ0) is 14.9. The van der Waals surface area contributed by atoms with E-state index in [1.807, 2.05) is 30.3 Å². The zero-order valence-electron chi connectivity index (χ0n) is 11.2. The number of benzene rings is 3. The van der Waals surface area contributed by atoms with Gasteiger partial charge < -0.3 is 0 Å². The molecule has 0 radical (unpaired) electrons. The fourth-order valence-electron chi connectivity index (χ4n) is 2.26. The summed E-state index contributed by atoms with van der Waals surface area (Å²) in [6.07, 6.45) is 0. The number of rotatable bonds is 3. The predicted molar refractivity (Wildman–Crippen MR) is 86.3 cm³/mol. The third kappa shape index (κ3) is 2.94. The van der Waals surface area contributed by atoms with Crippen molar-refractivity contribution in [3.05, 3.63) is 77.3 Å². The Kier molecular flexibility index (Phi) is 3.70. The van der Waals surface area contributed by atoms with E-state index >= 15 is 0 Å². The molecule has 0 aliphatic rings. The summed E-state index contributed by atoms with van der Waals surface area (Å²) in [6.45, 7) is 0. The van der Waals surface area contributed by atoms with Crippen LogP contribution in [0.4, 0.5) is 0 Å². The quantitative estimate of drug-likeness (QED) is 0.714. The summed E-state index contributed by atoms with van der Waals surface area (Å²) in [7, 11) is -3.41. The first kappa shape index (κ1) is 14.1. The lowest BCUT2D eigenvalue weighted by molar-refractivity contribution is 0.595. The van der Waals surface area contributed by atoms with Gasteiger partial charge in [-0.1, -0.05) is 60.1 Å². The number of halogens is 1. The molecule has 3 aromatic rings. The van der Waals surface area contributed by atoms with Crippen molar-refractivity contribution in [1.82, 2.24) is 0 Å². The average Bonchev–Trinajstić information content (AvgIpc) is 2.49. The van der Waals surface area contributed by atoms with Gasteiger partial charge in [0.15, 0.2) is 9.84 Å². The molecule has 0 aromatic heterocycles. The zero-order valence-corrected chi connectivity index (χ0v) is 12.7. The van der Waals surface area contributed by atoms with E-state index in [4.69, 9.17) is 11.6 Å². The molecule has 4 heteroatoms. The maximum atomic E-state index is 12.5. The van der Waals surface area contributed by atoms with Crippen molar-refractivity contribution in [3.63, 3.8) is 0 Å². The van der Waals surface area contributed by atoms with Crippen LogP contribution in [0.5, 0.6) is 0 Å². The Morgan fingerprint density at radius 3 is 2.24 bits per heavy atom. The van der Waals surface area contributed by atoms with Crippen LogP contribution < -0.4 is 0 Å². The lowest BCUT2D eigenvalue weighted by Gasteiger charge is -2.07. The minimum Gasteiger partial charge on any atom is -0.223 e. The van der Waals surface area contributed by atoms with Crippen LogP contribution in [0.2, 0.25) is 5.02 Å². The second-order valence-electron chi connectivity index (χ2n) is 4.86. The predicted octanol–water partition coefficient (Wildman–Crippen LogP) is 4.47. The van der Waals surface area contributed by atoms with Crippen molar-refractivity contribution < 1.29 is 8.42 Å². The van der Waals surface area contributed by atoms with Crippen LogP contribution in [0.25, 0.3) is 10.8 Å². The topological polar surface area (TPSA) is 34.1 Å². The highest BCUT2D eigenvalue weighted by molar-refractivity contribution is 7.90. The molecule has 0 heterocycles. The van der Waals surface area contributed by atoms with Gasteiger partial charge in [0, 0.05) is 5.02 Å². The average molecular weight is 317 g/mol. The van der Waals surface area contributed by atoms with E-state index < -0.39 is 9.84 Å². The summed E-state index contributed by atoms with van der Waals surface area (Å²) < 4.78 is 25.1. The van der Waals surface area contributed by atoms with E-state index in [0.717, 1.165) is 10.8 Å². The first-order valence-electron chi connectivity index (χ1n) is 6.51. The molecule has 2 nitrogen and oxygen atoms in total. The Labute approximate surface area is 128 Å². The third-order valence-corrected chi connectivity index (χ3v) is 5.42. The lowest BCUT2D eigenvalue weighted by Crippen LogP contribution is -2.05. The number of hydrogen-bond acceptors (Lipinski definition) is 2. The SMILES string of the molecule is O=S(=O)(Cc1ccccc1Cl)c1ccc2ccccc2c1. The number of fused-ring (bicyclic) bond motifs is 1. The lowest BCUT2D eigenvalue weighted by atomic mass is 10.1. The van der Waals surface area contributed by atoms with Crippen LogP contribution in [-0.4, -0.2) is 8.42 Å². The molecule has 0 atom stereocenters. The molecule has 0 unspecified atom stereocenters. The Bertz CT molecular complexity index is 901. The fraction of sp³-hybridized carbons (Fsp3) is 0.0588. The maximum Gasteiger partial charge on any atom is 0.182 e. The minimum absolute atomic E-state index is 0.0922. The first-order valence-corrected chi connectivity index (χ1v) is 8.54. The molecular weight excluding hydrogens is 304 g/mol. The van der Waals surface area contributed by atoms with Gasteiger partial charge in [-0.05, 0) is 34.5 Å². The van der Waals surface area contributed by atoms with Gasteiger partial charge in [-0.3, -0.25) is 0 Å². The highest BCUT2D eigenvalue weighted by Crippen LogP contribution is 2.24. The normalized spacial score (nSPS) is 11.7. The van der Waals surface area contributed by atoms with E-state index in [1.54, 1.807) is 36.4 Å². The van der Waals surface area contributed by atoms with Gasteiger partial charge in [0.25, 0.3) is 0 Å². The Morgan fingerprint density at radius 2 is 1.48 bits per heavy atom. The monoisotopic (exact) mass is 316 g/mol. The standard InChI is InChI=1S/C17H13ClO2S/c18-17-8-4-3-7-15(17)12-21(19,20)16-10-9-13-5-1-2-6-14(13)11-16/h1-11H,12H2. The van der Waals surface area contributed by atoms with Gasteiger partial charge in [-0.15, -0.1) is 0 Å². The van der Waals surface area contributed by atoms with E-state index in [2.05, 4.69) is 0 Å². The first-order chi connectivity index (χ1) is 10.1. The van der Waals surface area contributed by atoms with Gasteiger partial charge in [0.05, 0.1) is 10.6 Å². The molecule has 0 fully saturated rings. The third-order valence-electron chi connectivity index (χ3n) is 3.38. The second kappa shape index (κ2) is 5.51.